The maximum Gasteiger partial charge on any atom is 0.223 e. The Morgan fingerprint density at radius 2 is 2.28 bits per heavy atom. The minimum Gasteiger partial charge on any atom is -0.352 e. The van der Waals surface area contributed by atoms with Crippen molar-refractivity contribution in [3.05, 3.63) is 34.3 Å². The van der Waals surface area contributed by atoms with Crippen LogP contribution in [-0.4, -0.2) is 18.5 Å². The lowest BCUT2D eigenvalue weighted by Gasteiger charge is -2.27. The van der Waals surface area contributed by atoms with E-state index in [1.807, 2.05) is 24.3 Å². The number of piperidine rings is 1. The van der Waals surface area contributed by atoms with Gasteiger partial charge in [0.25, 0.3) is 0 Å². The van der Waals surface area contributed by atoms with Crippen LogP contribution < -0.4 is 10.6 Å². The molecule has 4 heteroatoms. The molecule has 98 valence electrons. The summed E-state index contributed by atoms with van der Waals surface area (Å²) in [5.74, 6) is 0.336. The molecule has 1 aromatic rings. The van der Waals surface area contributed by atoms with Crippen LogP contribution in [0.1, 0.15) is 25.3 Å². The van der Waals surface area contributed by atoms with Crippen molar-refractivity contribution in [1.82, 2.24) is 10.6 Å². The first-order valence-electron chi connectivity index (χ1n) is 6.41. The molecule has 0 radical (unpaired) electrons. The second kappa shape index (κ2) is 6.34. The second-order valence-corrected chi connectivity index (χ2v) is 5.74. The van der Waals surface area contributed by atoms with Crippen LogP contribution in [0.2, 0.25) is 0 Å². The highest BCUT2D eigenvalue weighted by atomic mass is 79.9. The van der Waals surface area contributed by atoms with E-state index in [0.29, 0.717) is 12.6 Å². The molecule has 1 saturated heterocycles. The average molecular weight is 311 g/mol. The van der Waals surface area contributed by atoms with Crippen LogP contribution in [0.4, 0.5) is 0 Å². The van der Waals surface area contributed by atoms with Gasteiger partial charge < -0.3 is 10.6 Å². The number of halogens is 1. The molecule has 3 nitrogen and oxygen atoms in total. The van der Waals surface area contributed by atoms with Crippen LogP contribution in [0.15, 0.2) is 28.7 Å². The van der Waals surface area contributed by atoms with Crippen molar-refractivity contribution in [2.24, 2.45) is 5.92 Å². The van der Waals surface area contributed by atoms with Crippen molar-refractivity contribution in [1.29, 1.82) is 0 Å². The van der Waals surface area contributed by atoms with Crippen molar-refractivity contribution in [3.63, 3.8) is 0 Å². The Bertz CT molecular complexity index is 422. The van der Waals surface area contributed by atoms with Gasteiger partial charge in [-0.2, -0.15) is 0 Å². The molecule has 1 aliphatic heterocycles. The number of rotatable bonds is 3. The Hall–Kier alpha value is -0.870. The topological polar surface area (TPSA) is 41.1 Å². The SMILES string of the molecule is CC1CC(C(=O)NCc2ccccc2Br)CCN1. The van der Waals surface area contributed by atoms with Gasteiger partial charge in [0.2, 0.25) is 5.91 Å². The maximum atomic E-state index is 12.1. The van der Waals surface area contributed by atoms with Crippen LogP contribution >= 0.6 is 15.9 Å². The Morgan fingerprint density at radius 1 is 1.50 bits per heavy atom. The third kappa shape index (κ3) is 3.56. The van der Waals surface area contributed by atoms with E-state index in [9.17, 15) is 4.79 Å². The molecule has 18 heavy (non-hydrogen) atoms. The second-order valence-electron chi connectivity index (χ2n) is 4.89. The third-order valence-electron chi connectivity index (χ3n) is 3.41. The van der Waals surface area contributed by atoms with Crippen molar-refractivity contribution in [2.45, 2.75) is 32.4 Å². The van der Waals surface area contributed by atoms with E-state index in [-0.39, 0.29) is 11.8 Å². The fourth-order valence-corrected chi connectivity index (χ4v) is 2.76. The van der Waals surface area contributed by atoms with Gasteiger partial charge in [-0.15, -0.1) is 0 Å². The summed E-state index contributed by atoms with van der Waals surface area (Å²) in [5, 5.41) is 6.40. The van der Waals surface area contributed by atoms with Crippen LogP contribution in [0.5, 0.6) is 0 Å². The Labute approximate surface area is 116 Å². The number of hydrogen-bond donors (Lipinski definition) is 2. The van der Waals surface area contributed by atoms with Crippen LogP contribution in [0.25, 0.3) is 0 Å². The van der Waals surface area contributed by atoms with Gasteiger partial charge in [0, 0.05) is 23.0 Å². The minimum absolute atomic E-state index is 0.156. The Morgan fingerprint density at radius 3 is 3.00 bits per heavy atom. The van der Waals surface area contributed by atoms with Crippen molar-refractivity contribution >= 4 is 21.8 Å². The summed E-state index contributed by atoms with van der Waals surface area (Å²) in [6.45, 7) is 3.67. The lowest BCUT2D eigenvalue weighted by atomic mass is 9.92. The lowest BCUT2D eigenvalue weighted by molar-refractivity contribution is -0.126. The quantitative estimate of drug-likeness (QED) is 0.900. The number of carbonyl (C=O) groups excluding carboxylic acids is 1. The first kappa shape index (κ1) is 13.6. The molecular weight excluding hydrogens is 292 g/mol. The molecule has 2 atom stereocenters. The lowest BCUT2D eigenvalue weighted by Crippen LogP contribution is -2.42. The fraction of sp³-hybridized carbons (Fsp3) is 0.500. The van der Waals surface area contributed by atoms with Gasteiger partial charge >= 0.3 is 0 Å². The molecule has 2 unspecified atom stereocenters. The number of hydrogen-bond acceptors (Lipinski definition) is 2. The van der Waals surface area contributed by atoms with Crippen LogP contribution in [0, 0.1) is 5.92 Å². The summed E-state index contributed by atoms with van der Waals surface area (Å²) < 4.78 is 1.05. The summed E-state index contributed by atoms with van der Waals surface area (Å²) in [7, 11) is 0. The van der Waals surface area contributed by atoms with E-state index in [1.165, 1.54) is 0 Å². The zero-order valence-electron chi connectivity index (χ0n) is 10.6. The Balaban J connectivity index is 1.86. The van der Waals surface area contributed by atoms with Crippen LogP contribution in [0.3, 0.4) is 0 Å². The molecular formula is C14H19BrN2O. The summed E-state index contributed by atoms with van der Waals surface area (Å²) in [6.07, 6.45) is 1.87. The molecule has 1 amide bonds. The number of nitrogens with one attached hydrogen (secondary N) is 2. The maximum absolute atomic E-state index is 12.1. The van der Waals surface area contributed by atoms with E-state index in [2.05, 4.69) is 33.5 Å². The van der Waals surface area contributed by atoms with Crippen LogP contribution in [-0.2, 0) is 11.3 Å². The molecule has 0 saturated carbocycles. The predicted molar refractivity (Wildman–Crippen MR) is 76.2 cm³/mol. The first-order valence-corrected chi connectivity index (χ1v) is 7.20. The molecule has 1 aliphatic rings. The standard InChI is InChI=1S/C14H19BrN2O/c1-10-8-11(6-7-16-10)14(18)17-9-12-4-2-3-5-13(12)15/h2-5,10-11,16H,6-9H2,1H3,(H,17,18). The summed E-state index contributed by atoms with van der Waals surface area (Å²) in [5.41, 5.74) is 1.12. The average Bonchev–Trinajstić information content (AvgIpc) is 2.37. The highest BCUT2D eigenvalue weighted by Gasteiger charge is 2.24. The smallest absolute Gasteiger partial charge is 0.223 e. The molecule has 0 aliphatic carbocycles. The third-order valence-corrected chi connectivity index (χ3v) is 4.18. The molecule has 0 bridgehead atoms. The predicted octanol–water partition coefficient (Wildman–Crippen LogP) is 2.45. The normalized spacial score (nSPS) is 23.7. The summed E-state index contributed by atoms with van der Waals surface area (Å²) >= 11 is 3.49. The fourth-order valence-electron chi connectivity index (χ4n) is 2.34. The summed E-state index contributed by atoms with van der Waals surface area (Å²) in [4.78, 5) is 12.1. The monoisotopic (exact) mass is 310 g/mol. The molecule has 0 spiro atoms. The van der Waals surface area contributed by atoms with Crippen molar-refractivity contribution in [3.8, 4) is 0 Å². The van der Waals surface area contributed by atoms with Crippen molar-refractivity contribution in [2.75, 3.05) is 6.54 Å². The zero-order chi connectivity index (χ0) is 13.0. The molecule has 1 fully saturated rings. The molecule has 1 heterocycles. The number of amides is 1. The van der Waals surface area contributed by atoms with E-state index in [1.54, 1.807) is 0 Å². The largest absolute Gasteiger partial charge is 0.352 e. The van der Waals surface area contributed by atoms with Gasteiger partial charge in [0.1, 0.15) is 0 Å². The molecule has 2 N–H and O–H groups in total. The van der Waals surface area contributed by atoms with Gasteiger partial charge in [0.15, 0.2) is 0 Å². The highest BCUT2D eigenvalue weighted by Crippen LogP contribution is 2.18. The van der Waals surface area contributed by atoms with E-state index in [0.717, 1.165) is 29.4 Å². The zero-order valence-corrected chi connectivity index (χ0v) is 12.2. The number of carbonyl (C=O) groups is 1. The van der Waals surface area contributed by atoms with E-state index >= 15 is 0 Å². The molecule has 0 aromatic heterocycles. The van der Waals surface area contributed by atoms with Gasteiger partial charge in [-0.3, -0.25) is 4.79 Å². The van der Waals surface area contributed by atoms with E-state index in [4.69, 9.17) is 0 Å². The van der Waals surface area contributed by atoms with Gasteiger partial charge in [-0.1, -0.05) is 34.1 Å². The number of benzene rings is 1. The van der Waals surface area contributed by atoms with Gasteiger partial charge in [0.05, 0.1) is 0 Å². The summed E-state index contributed by atoms with van der Waals surface area (Å²) in [6, 6.07) is 8.42. The van der Waals surface area contributed by atoms with Gasteiger partial charge in [-0.05, 0) is 37.9 Å². The van der Waals surface area contributed by atoms with E-state index < -0.39 is 0 Å². The molecule has 1 aromatic carbocycles. The first-order chi connectivity index (χ1) is 8.66. The molecule has 2 rings (SSSR count). The minimum atomic E-state index is 0.156. The van der Waals surface area contributed by atoms with Gasteiger partial charge in [-0.25, -0.2) is 0 Å². The Kier molecular flexibility index (Phi) is 4.78. The van der Waals surface area contributed by atoms with Crippen molar-refractivity contribution < 1.29 is 4.79 Å². The highest BCUT2D eigenvalue weighted by molar-refractivity contribution is 9.10.